The van der Waals surface area contributed by atoms with Crippen LogP contribution in [0.15, 0.2) is 96.2 Å². The summed E-state index contributed by atoms with van der Waals surface area (Å²) >= 11 is 0. The van der Waals surface area contributed by atoms with Gasteiger partial charge in [-0.3, -0.25) is 9.78 Å². The SMILES string of the molecule is C=CCO[C@@]12Oc3ccc(OCc4cccc(C)n4)cc3[C@H]3[C@H](CCCCO)[C@@H](CCCCO)C=C(C(=NOCc4ccccc4)C[C@@H]1N(CCOCCO)C(=O)CCC1CCCC1)[C@H]32. The van der Waals surface area contributed by atoms with Crippen molar-refractivity contribution >= 4 is 11.6 Å². The number of nitrogens with zero attached hydrogens (tertiary/aromatic N) is 3. The van der Waals surface area contributed by atoms with Crippen molar-refractivity contribution in [3.05, 3.63) is 114 Å². The lowest BCUT2D eigenvalue weighted by atomic mass is 9.55. The number of carbonyl (C=O) groups excluding carboxylic acids is 1. The highest BCUT2D eigenvalue weighted by Gasteiger charge is 2.65. The molecular formula is C53H71N3O9. The zero-order chi connectivity index (χ0) is 45.4. The van der Waals surface area contributed by atoms with E-state index in [0.29, 0.717) is 49.7 Å². The van der Waals surface area contributed by atoms with E-state index in [-0.39, 0.29) is 76.5 Å². The third-order valence-corrected chi connectivity index (χ3v) is 13.9. The molecule has 3 N–H and O–H groups in total. The van der Waals surface area contributed by atoms with Crippen molar-refractivity contribution in [3.63, 3.8) is 0 Å². The highest BCUT2D eigenvalue weighted by molar-refractivity contribution is 6.03. The van der Waals surface area contributed by atoms with E-state index in [1.165, 1.54) is 12.8 Å². The Balaban J connectivity index is 1.39. The first-order chi connectivity index (χ1) is 31.9. The number of amides is 1. The average Bonchev–Trinajstić information content (AvgIpc) is 3.85. The van der Waals surface area contributed by atoms with Crippen LogP contribution in [0.3, 0.4) is 0 Å². The molecule has 7 rings (SSSR count). The number of hydrogen-bond acceptors (Lipinski definition) is 11. The molecule has 65 heavy (non-hydrogen) atoms. The first kappa shape index (κ1) is 48.3. The summed E-state index contributed by atoms with van der Waals surface area (Å²) in [6, 6.07) is 21.3. The van der Waals surface area contributed by atoms with Crippen LogP contribution in [0, 0.1) is 30.6 Å². The number of aliphatic hydroxyl groups is 3. The van der Waals surface area contributed by atoms with Crippen LogP contribution >= 0.6 is 0 Å². The molecule has 0 radical (unpaired) electrons. The van der Waals surface area contributed by atoms with Gasteiger partial charge in [-0.15, -0.1) is 6.58 Å². The molecular weight excluding hydrogens is 823 g/mol. The molecule has 6 atom stereocenters. The highest BCUT2D eigenvalue weighted by atomic mass is 16.7. The van der Waals surface area contributed by atoms with Crippen molar-refractivity contribution in [2.75, 3.05) is 46.2 Å². The van der Waals surface area contributed by atoms with Gasteiger partial charge < -0.3 is 44.0 Å². The molecule has 1 aromatic heterocycles. The molecule has 2 fully saturated rings. The lowest BCUT2D eigenvalue weighted by Gasteiger charge is -2.60. The molecule has 352 valence electrons. The Morgan fingerprint density at radius 2 is 1.74 bits per heavy atom. The van der Waals surface area contributed by atoms with Gasteiger partial charge in [0.05, 0.1) is 43.8 Å². The van der Waals surface area contributed by atoms with E-state index in [9.17, 15) is 20.1 Å². The molecule has 0 bridgehead atoms. The molecule has 0 unspecified atom stereocenters. The topological polar surface area (TPSA) is 152 Å². The normalized spacial score (nSPS) is 24.2. The Bertz CT molecular complexity index is 2040. The van der Waals surface area contributed by atoms with Crippen molar-refractivity contribution in [2.24, 2.45) is 28.8 Å². The highest BCUT2D eigenvalue weighted by Crippen LogP contribution is 2.62. The number of oxime groups is 1. The third-order valence-electron chi connectivity index (χ3n) is 13.9. The number of hydrogen-bond donors (Lipinski definition) is 3. The molecule has 4 aliphatic rings. The number of rotatable bonds is 26. The average molecular weight is 894 g/mol. The standard InChI is InChI=1S/C53H71N3O9/c1-3-30-63-53-49(56(26-31-61-32-29-59)50(60)25-22-39-15-7-8-16-39)35-47(55-64-36-40-17-5-4-6-18-40)45-33-41(19-9-11-27-57)44(21-10-12-28-58)51(52(45)53)46-34-43(23-24-48(46)65-53)62-37-42-20-13-14-38(2)54-42/h3-6,13-14,17-18,20,23-24,33-34,39,41,44,49,51-52,57-59H,1,7-12,15-16,19,21-22,25-32,35-37H2,2H3/t41-,44+,49-,51+,52+,53+/m0/s1. The summed E-state index contributed by atoms with van der Waals surface area (Å²) in [4.78, 5) is 27.9. The minimum atomic E-state index is -1.38. The first-order valence-corrected chi connectivity index (χ1v) is 24.2. The Hall–Kier alpha value is -4.59. The fraction of sp³-hybridized carbons (Fsp3) is 0.566. The summed E-state index contributed by atoms with van der Waals surface area (Å²) in [6.45, 7) is 7.53. The summed E-state index contributed by atoms with van der Waals surface area (Å²) in [5.74, 6) is 0.0222. The van der Waals surface area contributed by atoms with E-state index in [1.54, 1.807) is 6.08 Å². The fourth-order valence-corrected chi connectivity index (χ4v) is 10.9. The van der Waals surface area contributed by atoms with Gasteiger partial charge in [-0.25, -0.2) is 0 Å². The van der Waals surface area contributed by atoms with Gasteiger partial charge in [-0.1, -0.05) is 92.2 Å². The number of aryl methyl sites for hydroxylation is 1. The van der Waals surface area contributed by atoms with Crippen LogP contribution in [-0.2, 0) is 32.3 Å². The monoisotopic (exact) mass is 894 g/mol. The van der Waals surface area contributed by atoms with E-state index < -0.39 is 17.7 Å². The minimum absolute atomic E-state index is 0.00435. The van der Waals surface area contributed by atoms with Gasteiger partial charge in [0, 0.05) is 49.8 Å². The molecule has 2 heterocycles. The first-order valence-electron chi connectivity index (χ1n) is 24.2. The van der Waals surface area contributed by atoms with Crippen LogP contribution < -0.4 is 9.47 Å². The van der Waals surface area contributed by atoms with Crippen molar-refractivity contribution < 1.29 is 43.9 Å². The van der Waals surface area contributed by atoms with E-state index in [2.05, 4.69) is 23.7 Å². The second-order valence-electron chi connectivity index (χ2n) is 18.2. The summed E-state index contributed by atoms with van der Waals surface area (Å²) in [6.07, 6.45) is 15.0. The van der Waals surface area contributed by atoms with Gasteiger partial charge in [0.2, 0.25) is 11.7 Å². The Morgan fingerprint density at radius 1 is 0.938 bits per heavy atom. The zero-order valence-electron chi connectivity index (χ0n) is 38.4. The van der Waals surface area contributed by atoms with Crippen molar-refractivity contribution in [2.45, 2.75) is 121 Å². The molecule has 12 heteroatoms. The van der Waals surface area contributed by atoms with E-state index in [4.69, 9.17) is 28.9 Å². The number of aliphatic hydroxyl groups excluding tert-OH is 3. The number of ether oxygens (including phenoxy) is 4. The predicted molar refractivity (Wildman–Crippen MR) is 250 cm³/mol. The van der Waals surface area contributed by atoms with Crippen molar-refractivity contribution in [1.29, 1.82) is 0 Å². The van der Waals surface area contributed by atoms with Gasteiger partial charge >= 0.3 is 0 Å². The van der Waals surface area contributed by atoms with Crippen LogP contribution in [0.1, 0.15) is 112 Å². The summed E-state index contributed by atoms with van der Waals surface area (Å²) < 4.78 is 27.0. The second-order valence-corrected chi connectivity index (χ2v) is 18.2. The molecule has 3 aliphatic carbocycles. The van der Waals surface area contributed by atoms with Gasteiger partial charge in [-0.05, 0) is 98.2 Å². The zero-order valence-corrected chi connectivity index (χ0v) is 38.4. The smallest absolute Gasteiger partial charge is 0.239 e. The molecule has 0 saturated heterocycles. The minimum Gasteiger partial charge on any atom is -0.487 e. The predicted octanol–water partition coefficient (Wildman–Crippen LogP) is 8.61. The van der Waals surface area contributed by atoms with Crippen LogP contribution in [0.2, 0.25) is 0 Å². The van der Waals surface area contributed by atoms with Gasteiger partial charge in [-0.2, -0.15) is 0 Å². The number of benzene rings is 2. The number of unbranched alkanes of at least 4 members (excludes halogenated alkanes) is 2. The van der Waals surface area contributed by atoms with Gasteiger partial charge in [0.15, 0.2) is 0 Å². The molecule has 12 nitrogen and oxygen atoms in total. The number of aromatic nitrogens is 1. The van der Waals surface area contributed by atoms with Gasteiger partial charge in [0.1, 0.15) is 30.8 Å². The maximum Gasteiger partial charge on any atom is 0.239 e. The maximum atomic E-state index is 15.0. The Morgan fingerprint density at radius 3 is 2.49 bits per heavy atom. The largest absolute Gasteiger partial charge is 0.487 e. The third kappa shape index (κ3) is 12.1. The molecule has 1 aliphatic heterocycles. The maximum absolute atomic E-state index is 15.0. The molecule has 2 saturated carbocycles. The van der Waals surface area contributed by atoms with E-state index >= 15 is 0 Å². The van der Waals surface area contributed by atoms with E-state index in [0.717, 1.165) is 78.7 Å². The molecule has 0 spiro atoms. The number of pyridine rings is 1. The van der Waals surface area contributed by atoms with Gasteiger partial charge in [0.25, 0.3) is 0 Å². The van der Waals surface area contributed by atoms with Crippen molar-refractivity contribution in [3.8, 4) is 11.5 Å². The van der Waals surface area contributed by atoms with E-state index in [1.807, 2.05) is 72.5 Å². The summed E-state index contributed by atoms with van der Waals surface area (Å²) in [5.41, 5.74) is 5.45. The molecule has 2 aromatic carbocycles. The molecule has 1 amide bonds. The summed E-state index contributed by atoms with van der Waals surface area (Å²) in [5, 5.41) is 34.7. The Labute approximate surface area is 385 Å². The lowest BCUT2D eigenvalue weighted by Crippen LogP contribution is -2.70. The van der Waals surface area contributed by atoms with Crippen molar-refractivity contribution in [1.82, 2.24) is 9.88 Å². The number of fused-ring (bicyclic) bond motifs is 2. The molecule has 3 aromatic rings. The van der Waals surface area contributed by atoms with Crippen LogP contribution in [0.4, 0.5) is 0 Å². The van der Waals surface area contributed by atoms with Crippen LogP contribution in [0.25, 0.3) is 0 Å². The second kappa shape index (κ2) is 24.3. The van der Waals surface area contributed by atoms with Crippen LogP contribution in [-0.4, -0.2) is 94.8 Å². The van der Waals surface area contributed by atoms with Crippen LogP contribution in [0.5, 0.6) is 11.5 Å². The summed E-state index contributed by atoms with van der Waals surface area (Å²) in [7, 11) is 0. The number of allylic oxidation sites excluding steroid dienone is 1. The fourth-order valence-electron chi connectivity index (χ4n) is 10.9. The quantitative estimate of drug-likeness (QED) is 0.0406. The lowest BCUT2D eigenvalue weighted by molar-refractivity contribution is -0.258. The Kier molecular flexibility index (Phi) is 18.0. The number of carbonyl (C=O) groups is 1.